The minimum atomic E-state index is 0.230. The van der Waals surface area contributed by atoms with E-state index in [0.717, 1.165) is 12.5 Å². The Morgan fingerprint density at radius 3 is 1.95 bits per heavy atom. The molecule has 0 bridgehead atoms. The molecule has 0 saturated heterocycles. The maximum absolute atomic E-state index is 3.57. The molecular formula is C19H33N. The van der Waals surface area contributed by atoms with Crippen LogP contribution in [0.3, 0.4) is 0 Å². The predicted molar refractivity (Wildman–Crippen MR) is 90.4 cm³/mol. The van der Waals surface area contributed by atoms with Gasteiger partial charge in [-0.2, -0.15) is 0 Å². The maximum atomic E-state index is 3.57. The number of rotatable bonds is 5. The van der Waals surface area contributed by atoms with Crippen molar-refractivity contribution in [3.63, 3.8) is 0 Å². The fourth-order valence-electron chi connectivity index (χ4n) is 2.34. The summed E-state index contributed by atoms with van der Waals surface area (Å²) in [7, 11) is 0. The molecule has 1 nitrogen and oxygen atoms in total. The van der Waals surface area contributed by atoms with Gasteiger partial charge in [-0.25, -0.2) is 0 Å². The monoisotopic (exact) mass is 275 g/mol. The summed E-state index contributed by atoms with van der Waals surface area (Å²) in [6.45, 7) is 16.9. The van der Waals surface area contributed by atoms with E-state index < -0.39 is 0 Å². The molecule has 0 saturated carbocycles. The Kier molecular flexibility index (Phi) is 5.82. The maximum Gasteiger partial charge on any atom is 0.00965 e. The van der Waals surface area contributed by atoms with Crippen LogP contribution in [0, 0.1) is 5.92 Å². The Morgan fingerprint density at radius 1 is 0.950 bits per heavy atom. The average molecular weight is 275 g/mol. The smallest absolute Gasteiger partial charge is 0.00965 e. The molecule has 1 heteroatoms. The minimum Gasteiger partial charge on any atom is -0.312 e. The molecule has 20 heavy (non-hydrogen) atoms. The predicted octanol–water partition coefficient (Wildman–Crippen LogP) is 4.94. The molecule has 0 fully saturated rings. The van der Waals surface area contributed by atoms with Gasteiger partial charge in [0.05, 0.1) is 0 Å². The van der Waals surface area contributed by atoms with Crippen molar-refractivity contribution >= 4 is 0 Å². The van der Waals surface area contributed by atoms with Crippen molar-refractivity contribution in [2.24, 2.45) is 5.92 Å². The quantitative estimate of drug-likeness (QED) is 0.802. The second kappa shape index (κ2) is 6.76. The fourth-order valence-corrected chi connectivity index (χ4v) is 2.34. The van der Waals surface area contributed by atoms with Gasteiger partial charge in [0, 0.05) is 5.54 Å². The van der Waals surface area contributed by atoms with E-state index in [2.05, 4.69) is 78.0 Å². The van der Waals surface area contributed by atoms with Crippen LogP contribution in [0.15, 0.2) is 24.3 Å². The van der Waals surface area contributed by atoms with E-state index in [1.54, 1.807) is 0 Å². The molecule has 1 unspecified atom stereocenters. The largest absolute Gasteiger partial charge is 0.312 e. The normalized spacial score (nSPS) is 14.3. The topological polar surface area (TPSA) is 12.0 Å². The highest BCUT2D eigenvalue weighted by Crippen LogP contribution is 2.23. The summed E-state index contributed by atoms with van der Waals surface area (Å²) in [5.41, 5.74) is 3.36. The Bertz CT molecular complexity index is 389. The van der Waals surface area contributed by atoms with Crippen LogP contribution in [-0.4, -0.2) is 12.1 Å². The number of nitrogens with one attached hydrogen (secondary N) is 1. The van der Waals surface area contributed by atoms with Crippen LogP contribution in [0.5, 0.6) is 0 Å². The number of hydrogen-bond acceptors (Lipinski definition) is 1. The first-order valence-electron chi connectivity index (χ1n) is 7.92. The third-order valence-corrected chi connectivity index (χ3v) is 3.70. The van der Waals surface area contributed by atoms with Crippen molar-refractivity contribution in [3.05, 3.63) is 35.4 Å². The highest BCUT2D eigenvalue weighted by Gasteiger charge is 2.13. The van der Waals surface area contributed by atoms with Crippen molar-refractivity contribution in [1.29, 1.82) is 0 Å². The molecule has 0 aromatic heterocycles. The minimum absolute atomic E-state index is 0.230. The first kappa shape index (κ1) is 17.2. The molecule has 1 N–H and O–H groups in total. The lowest BCUT2D eigenvalue weighted by atomic mass is 9.86. The van der Waals surface area contributed by atoms with E-state index >= 15 is 0 Å². The zero-order chi connectivity index (χ0) is 15.4. The average Bonchev–Trinajstić information content (AvgIpc) is 2.26. The lowest BCUT2D eigenvalue weighted by molar-refractivity contribution is 0.394. The van der Waals surface area contributed by atoms with Crippen molar-refractivity contribution in [2.75, 3.05) is 6.54 Å². The second-order valence-corrected chi connectivity index (χ2v) is 8.22. The van der Waals surface area contributed by atoms with Crippen LogP contribution in [-0.2, 0) is 11.8 Å². The van der Waals surface area contributed by atoms with E-state index in [1.165, 1.54) is 24.0 Å². The summed E-state index contributed by atoms with van der Waals surface area (Å²) in [4.78, 5) is 0. The van der Waals surface area contributed by atoms with Crippen LogP contribution in [0.1, 0.15) is 66.0 Å². The molecule has 0 spiro atoms. The molecule has 1 aromatic rings. The molecule has 1 rings (SSSR count). The van der Waals surface area contributed by atoms with Gasteiger partial charge in [-0.3, -0.25) is 0 Å². The summed E-state index contributed by atoms with van der Waals surface area (Å²) >= 11 is 0. The van der Waals surface area contributed by atoms with Gasteiger partial charge in [0.25, 0.3) is 0 Å². The van der Waals surface area contributed by atoms with Gasteiger partial charge >= 0.3 is 0 Å². The summed E-state index contributed by atoms with van der Waals surface area (Å²) in [5, 5.41) is 3.57. The molecule has 0 amide bonds. The summed E-state index contributed by atoms with van der Waals surface area (Å²) < 4.78 is 0. The molecular weight excluding hydrogens is 242 g/mol. The van der Waals surface area contributed by atoms with E-state index in [-0.39, 0.29) is 11.0 Å². The third kappa shape index (κ3) is 6.56. The van der Waals surface area contributed by atoms with Crippen molar-refractivity contribution in [2.45, 2.75) is 72.3 Å². The summed E-state index contributed by atoms with van der Waals surface area (Å²) in [5.74, 6) is 0.727. The van der Waals surface area contributed by atoms with Crippen LogP contribution in [0.25, 0.3) is 0 Å². The first-order chi connectivity index (χ1) is 9.08. The molecule has 1 atom stereocenters. The zero-order valence-corrected chi connectivity index (χ0v) is 14.5. The lowest BCUT2D eigenvalue weighted by Crippen LogP contribution is -2.37. The highest BCUT2D eigenvalue weighted by atomic mass is 14.9. The molecule has 0 heterocycles. The van der Waals surface area contributed by atoms with Crippen molar-refractivity contribution < 1.29 is 0 Å². The Hall–Kier alpha value is -0.820. The first-order valence-corrected chi connectivity index (χ1v) is 7.92. The third-order valence-electron chi connectivity index (χ3n) is 3.70. The molecule has 1 aromatic carbocycles. The number of benzene rings is 1. The van der Waals surface area contributed by atoms with E-state index in [4.69, 9.17) is 0 Å². The second-order valence-electron chi connectivity index (χ2n) is 8.22. The highest BCUT2D eigenvalue weighted by molar-refractivity contribution is 5.27. The van der Waals surface area contributed by atoms with Gasteiger partial charge in [-0.05, 0) is 62.6 Å². The van der Waals surface area contributed by atoms with Crippen molar-refractivity contribution in [3.8, 4) is 0 Å². The Labute approximate surface area is 126 Å². The molecule has 0 aliphatic heterocycles. The SMILES string of the molecule is CC(CCNC(C)(C)C)Cc1ccc(C(C)(C)C)cc1. The Morgan fingerprint density at radius 2 is 1.50 bits per heavy atom. The van der Waals surface area contributed by atoms with E-state index in [1.807, 2.05) is 0 Å². The molecule has 114 valence electrons. The zero-order valence-electron chi connectivity index (χ0n) is 14.5. The van der Waals surface area contributed by atoms with Gasteiger partial charge in [0.2, 0.25) is 0 Å². The standard InChI is InChI=1S/C19H33N/c1-15(12-13-20-19(5,6)7)14-16-8-10-17(11-9-16)18(2,3)4/h8-11,15,20H,12-14H2,1-7H3. The Balaban J connectivity index is 2.44. The van der Waals surface area contributed by atoms with Crippen LogP contribution >= 0.6 is 0 Å². The lowest BCUT2D eigenvalue weighted by Gasteiger charge is -2.22. The van der Waals surface area contributed by atoms with Gasteiger partial charge < -0.3 is 5.32 Å². The van der Waals surface area contributed by atoms with Crippen LogP contribution in [0.4, 0.5) is 0 Å². The molecule has 0 radical (unpaired) electrons. The molecule has 0 aliphatic carbocycles. The van der Waals surface area contributed by atoms with Gasteiger partial charge in [0.1, 0.15) is 0 Å². The van der Waals surface area contributed by atoms with E-state index in [0.29, 0.717) is 0 Å². The molecule has 0 aliphatic rings. The van der Waals surface area contributed by atoms with Gasteiger partial charge in [-0.15, -0.1) is 0 Å². The summed E-state index contributed by atoms with van der Waals surface area (Å²) in [6.07, 6.45) is 2.41. The van der Waals surface area contributed by atoms with Gasteiger partial charge in [0.15, 0.2) is 0 Å². The number of hydrogen-bond donors (Lipinski definition) is 1. The van der Waals surface area contributed by atoms with E-state index in [9.17, 15) is 0 Å². The summed E-state index contributed by atoms with van der Waals surface area (Å²) in [6, 6.07) is 9.17. The fraction of sp³-hybridized carbons (Fsp3) is 0.684. The van der Waals surface area contributed by atoms with Gasteiger partial charge in [-0.1, -0.05) is 52.0 Å². The van der Waals surface area contributed by atoms with Crippen molar-refractivity contribution in [1.82, 2.24) is 5.32 Å². The van der Waals surface area contributed by atoms with Crippen LogP contribution in [0.2, 0.25) is 0 Å². The van der Waals surface area contributed by atoms with Crippen LogP contribution < -0.4 is 5.32 Å².